The third-order valence-corrected chi connectivity index (χ3v) is 5.11. The Bertz CT molecular complexity index is 233. The first-order chi connectivity index (χ1) is 12.0. The van der Waals surface area contributed by atoms with Crippen LogP contribution in [0.4, 0.5) is 0 Å². The van der Waals surface area contributed by atoms with E-state index in [0.29, 0.717) is 12.2 Å². The zero-order valence-corrected chi connectivity index (χ0v) is 18.6. The second kappa shape index (κ2) is 17.4. The highest BCUT2D eigenvalue weighted by Crippen LogP contribution is 2.23. The predicted molar refractivity (Wildman–Crippen MR) is 114 cm³/mol. The van der Waals surface area contributed by atoms with Gasteiger partial charge in [-0.15, -0.1) is 0 Å². The van der Waals surface area contributed by atoms with Crippen molar-refractivity contribution in [1.29, 1.82) is 0 Å². The molecule has 1 heteroatoms. The van der Waals surface area contributed by atoms with Gasteiger partial charge in [-0.1, -0.05) is 106 Å². The monoisotopic (exact) mass is 354 g/mol. The molecule has 152 valence electrons. The topological polar surface area (TPSA) is 9.23 Å². The van der Waals surface area contributed by atoms with E-state index in [1.807, 2.05) is 0 Å². The second-order valence-corrected chi connectivity index (χ2v) is 9.04. The lowest BCUT2D eigenvalue weighted by atomic mass is 9.97. The van der Waals surface area contributed by atoms with Crippen molar-refractivity contribution >= 4 is 0 Å². The van der Waals surface area contributed by atoms with Crippen LogP contribution in [0.2, 0.25) is 0 Å². The van der Waals surface area contributed by atoms with E-state index >= 15 is 0 Å². The number of hydrogen-bond donors (Lipinski definition) is 0. The predicted octanol–water partition coefficient (Wildman–Crippen LogP) is 8.55. The Kier molecular flexibility index (Phi) is 17.3. The quantitative estimate of drug-likeness (QED) is 0.224. The standard InChI is InChI=1S/C24H50O/c1-7-9-11-13-15-17-23(19-21(3)4)25-24(20-22(5)6)18-16-14-12-10-8-2/h21-24H,7-20H2,1-6H3/t23-,24+. The molecule has 0 rings (SSSR count). The maximum atomic E-state index is 6.69. The van der Waals surface area contributed by atoms with Gasteiger partial charge in [0.15, 0.2) is 0 Å². The molecule has 0 aromatic carbocycles. The molecule has 0 radical (unpaired) electrons. The smallest absolute Gasteiger partial charge is 0.0581 e. The first kappa shape index (κ1) is 25.0. The lowest BCUT2D eigenvalue weighted by Gasteiger charge is -2.27. The summed E-state index contributed by atoms with van der Waals surface area (Å²) in [6, 6.07) is 0. The van der Waals surface area contributed by atoms with E-state index in [0.717, 1.165) is 11.8 Å². The third-order valence-electron chi connectivity index (χ3n) is 5.11. The Labute approximate surface area is 160 Å². The van der Waals surface area contributed by atoms with E-state index in [2.05, 4.69) is 41.5 Å². The maximum Gasteiger partial charge on any atom is 0.0581 e. The summed E-state index contributed by atoms with van der Waals surface area (Å²) >= 11 is 0. The van der Waals surface area contributed by atoms with Gasteiger partial charge in [0.05, 0.1) is 12.2 Å². The largest absolute Gasteiger partial charge is 0.375 e. The minimum absolute atomic E-state index is 0.487. The lowest BCUT2D eigenvalue weighted by Crippen LogP contribution is -2.25. The zero-order valence-electron chi connectivity index (χ0n) is 18.6. The van der Waals surface area contributed by atoms with Gasteiger partial charge in [-0.25, -0.2) is 0 Å². The summed E-state index contributed by atoms with van der Waals surface area (Å²) in [6.45, 7) is 14.0. The number of hydrogen-bond acceptors (Lipinski definition) is 1. The van der Waals surface area contributed by atoms with Gasteiger partial charge < -0.3 is 4.74 Å². The van der Waals surface area contributed by atoms with Crippen molar-refractivity contribution in [3.05, 3.63) is 0 Å². The summed E-state index contributed by atoms with van der Waals surface area (Å²) < 4.78 is 6.69. The van der Waals surface area contributed by atoms with Crippen molar-refractivity contribution in [2.24, 2.45) is 11.8 Å². The van der Waals surface area contributed by atoms with E-state index in [9.17, 15) is 0 Å². The first-order valence-corrected chi connectivity index (χ1v) is 11.6. The van der Waals surface area contributed by atoms with Crippen LogP contribution in [0, 0.1) is 11.8 Å². The van der Waals surface area contributed by atoms with Crippen LogP contribution in [-0.4, -0.2) is 12.2 Å². The van der Waals surface area contributed by atoms with E-state index in [1.165, 1.54) is 89.9 Å². The molecule has 1 nitrogen and oxygen atoms in total. The summed E-state index contributed by atoms with van der Waals surface area (Å²) in [4.78, 5) is 0. The van der Waals surface area contributed by atoms with Crippen molar-refractivity contribution in [3.8, 4) is 0 Å². The second-order valence-electron chi connectivity index (χ2n) is 9.04. The molecular formula is C24H50O. The minimum Gasteiger partial charge on any atom is -0.375 e. The molecule has 0 spiro atoms. The molecular weight excluding hydrogens is 304 g/mol. The zero-order chi connectivity index (χ0) is 18.9. The van der Waals surface area contributed by atoms with Crippen LogP contribution in [0.15, 0.2) is 0 Å². The van der Waals surface area contributed by atoms with Gasteiger partial charge in [0.25, 0.3) is 0 Å². The molecule has 0 aliphatic rings. The van der Waals surface area contributed by atoms with E-state index in [-0.39, 0.29) is 0 Å². The Hall–Kier alpha value is -0.0400. The minimum atomic E-state index is 0.487. The fraction of sp³-hybridized carbons (Fsp3) is 1.00. The van der Waals surface area contributed by atoms with Crippen molar-refractivity contribution < 1.29 is 4.74 Å². The van der Waals surface area contributed by atoms with Gasteiger partial charge in [0.2, 0.25) is 0 Å². The Balaban J connectivity index is 4.33. The highest BCUT2D eigenvalue weighted by molar-refractivity contribution is 4.68. The number of unbranched alkanes of at least 4 members (excludes halogenated alkanes) is 8. The Morgan fingerprint density at radius 2 is 0.880 bits per heavy atom. The van der Waals surface area contributed by atoms with Gasteiger partial charge >= 0.3 is 0 Å². The van der Waals surface area contributed by atoms with Crippen molar-refractivity contribution in [3.63, 3.8) is 0 Å². The third kappa shape index (κ3) is 17.1. The summed E-state index contributed by atoms with van der Waals surface area (Å²) in [5.41, 5.74) is 0. The van der Waals surface area contributed by atoms with Gasteiger partial charge in [0, 0.05) is 0 Å². The summed E-state index contributed by atoms with van der Waals surface area (Å²) in [5.74, 6) is 1.48. The molecule has 0 aliphatic heterocycles. The van der Waals surface area contributed by atoms with E-state index < -0.39 is 0 Å². The van der Waals surface area contributed by atoms with Gasteiger partial charge in [-0.05, 0) is 37.5 Å². The molecule has 2 atom stereocenters. The fourth-order valence-electron chi connectivity index (χ4n) is 3.76. The van der Waals surface area contributed by atoms with E-state index in [1.54, 1.807) is 0 Å². The van der Waals surface area contributed by atoms with Crippen molar-refractivity contribution in [2.45, 2.75) is 144 Å². The molecule has 0 bridgehead atoms. The lowest BCUT2D eigenvalue weighted by molar-refractivity contribution is -0.0406. The highest BCUT2D eigenvalue weighted by atomic mass is 16.5. The Morgan fingerprint density at radius 3 is 1.20 bits per heavy atom. The van der Waals surface area contributed by atoms with Gasteiger partial charge in [-0.3, -0.25) is 0 Å². The number of rotatable bonds is 18. The van der Waals surface area contributed by atoms with Crippen molar-refractivity contribution in [2.75, 3.05) is 0 Å². The molecule has 0 amide bonds. The first-order valence-electron chi connectivity index (χ1n) is 11.6. The molecule has 0 unspecified atom stereocenters. The molecule has 25 heavy (non-hydrogen) atoms. The van der Waals surface area contributed by atoms with Gasteiger partial charge in [0.1, 0.15) is 0 Å². The van der Waals surface area contributed by atoms with Crippen LogP contribution in [0.3, 0.4) is 0 Å². The molecule has 0 saturated carbocycles. The van der Waals surface area contributed by atoms with Crippen molar-refractivity contribution in [1.82, 2.24) is 0 Å². The molecule has 0 aliphatic carbocycles. The molecule has 0 aromatic rings. The average Bonchev–Trinajstić information content (AvgIpc) is 2.53. The molecule has 0 aromatic heterocycles. The fourth-order valence-corrected chi connectivity index (χ4v) is 3.76. The average molecular weight is 355 g/mol. The molecule has 0 saturated heterocycles. The Morgan fingerprint density at radius 1 is 0.520 bits per heavy atom. The van der Waals surface area contributed by atoms with Crippen LogP contribution in [0.25, 0.3) is 0 Å². The SMILES string of the molecule is CCCCCCC[C@H](CC(C)C)O[C@@H](CCCCCCC)CC(C)C. The summed E-state index contributed by atoms with van der Waals surface area (Å²) in [6.07, 6.45) is 19.7. The van der Waals surface area contributed by atoms with Crippen LogP contribution in [-0.2, 0) is 4.74 Å². The highest BCUT2D eigenvalue weighted by Gasteiger charge is 2.18. The van der Waals surface area contributed by atoms with Crippen LogP contribution in [0.1, 0.15) is 131 Å². The maximum absolute atomic E-state index is 6.69. The molecule has 0 fully saturated rings. The van der Waals surface area contributed by atoms with Crippen LogP contribution < -0.4 is 0 Å². The van der Waals surface area contributed by atoms with Gasteiger partial charge in [-0.2, -0.15) is 0 Å². The van der Waals surface area contributed by atoms with E-state index in [4.69, 9.17) is 4.74 Å². The summed E-state index contributed by atoms with van der Waals surface area (Å²) in [7, 11) is 0. The molecule has 0 heterocycles. The van der Waals surface area contributed by atoms with Crippen LogP contribution >= 0.6 is 0 Å². The number of ether oxygens (including phenoxy) is 1. The van der Waals surface area contributed by atoms with Crippen LogP contribution in [0.5, 0.6) is 0 Å². The summed E-state index contributed by atoms with van der Waals surface area (Å²) in [5, 5.41) is 0. The normalized spacial score (nSPS) is 14.4. The molecule has 0 N–H and O–H groups in total.